The summed E-state index contributed by atoms with van der Waals surface area (Å²) < 4.78 is 48.8. The molecule has 0 saturated carbocycles. The summed E-state index contributed by atoms with van der Waals surface area (Å²) in [5.41, 5.74) is 6.52. The zero-order valence-corrected chi connectivity index (χ0v) is 13.8. The van der Waals surface area contributed by atoms with E-state index < -0.39 is 11.7 Å². The minimum Gasteiger partial charge on any atom is -0.398 e. The number of rotatable bonds is 1. The second-order valence-corrected chi connectivity index (χ2v) is 5.80. The van der Waals surface area contributed by atoms with E-state index in [1.165, 1.54) is 11.6 Å². The van der Waals surface area contributed by atoms with Gasteiger partial charge in [-0.3, -0.25) is 0 Å². The van der Waals surface area contributed by atoms with Crippen molar-refractivity contribution in [2.75, 3.05) is 5.73 Å². The molecule has 0 unspecified atom stereocenters. The molecule has 2 N–H and O–H groups in total. The van der Waals surface area contributed by atoms with Gasteiger partial charge in [0.05, 0.1) is 16.3 Å². The molecule has 0 amide bonds. The van der Waals surface area contributed by atoms with Crippen molar-refractivity contribution in [2.45, 2.75) is 32.9 Å². The van der Waals surface area contributed by atoms with Gasteiger partial charge in [0, 0.05) is 0 Å². The lowest BCUT2D eigenvalue weighted by molar-refractivity contribution is -0.137. The highest BCUT2D eigenvalue weighted by Crippen LogP contribution is 2.32. The van der Waals surface area contributed by atoms with Crippen molar-refractivity contribution in [1.82, 2.24) is 0 Å². The summed E-state index contributed by atoms with van der Waals surface area (Å²) in [5.74, 6) is 0.365. The third-order valence-electron chi connectivity index (χ3n) is 3.18. The van der Waals surface area contributed by atoms with E-state index in [1.54, 1.807) is 6.92 Å². The van der Waals surface area contributed by atoms with Gasteiger partial charge in [0.2, 0.25) is 0 Å². The number of halogens is 5. The monoisotopic (exact) mass is 347 g/mol. The van der Waals surface area contributed by atoms with Crippen LogP contribution in [0.25, 0.3) is 0 Å². The molecular weight excluding hydrogens is 330 g/mol. The molecule has 6 heteroatoms. The first-order valence-corrected chi connectivity index (χ1v) is 7.28. The largest absolute Gasteiger partial charge is 0.416 e. The van der Waals surface area contributed by atoms with Gasteiger partial charge in [-0.25, -0.2) is 4.39 Å². The van der Waals surface area contributed by atoms with Gasteiger partial charge in [-0.2, -0.15) is 13.2 Å². The Bertz CT molecular complexity index is 666. The van der Waals surface area contributed by atoms with Gasteiger partial charge in [-0.1, -0.05) is 37.6 Å². The standard InChI is InChI=1S/C10H13F.C7H5ClF3N/c1-7(2)9-4-5-10(11)8(3)6-9;8-5-3-4(7(9,10)11)1-2-6(5)12/h4-7H,1-3H3;1-3H,12H2. The average Bonchev–Trinajstić information content (AvgIpc) is 2.44. The number of nitrogen functional groups attached to an aromatic ring is 1. The van der Waals surface area contributed by atoms with Crippen LogP contribution in [0.1, 0.15) is 36.5 Å². The van der Waals surface area contributed by atoms with Crippen LogP contribution in [0.4, 0.5) is 23.2 Å². The van der Waals surface area contributed by atoms with Gasteiger partial charge < -0.3 is 5.73 Å². The molecule has 0 bridgehead atoms. The summed E-state index contributed by atoms with van der Waals surface area (Å²) in [7, 11) is 0. The van der Waals surface area contributed by atoms with E-state index in [0.717, 1.165) is 23.8 Å². The molecule has 126 valence electrons. The molecule has 0 saturated heterocycles. The van der Waals surface area contributed by atoms with Gasteiger partial charge >= 0.3 is 6.18 Å². The van der Waals surface area contributed by atoms with Crippen LogP contribution in [0.5, 0.6) is 0 Å². The number of alkyl halides is 3. The fourth-order valence-corrected chi connectivity index (χ4v) is 1.91. The van der Waals surface area contributed by atoms with Crippen molar-refractivity contribution in [3.05, 3.63) is 63.9 Å². The molecule has 2 aromatic carbocycles. The molecule has 0 spiro atoms. The summed E-state index contributed by atoms with van der Waals surface area (Å²) in [6.07, 6.45) is -4.36. The zero-order valence-electron chi connectivity index (χ0n) is 13.0. The van der Waals surface area contributed by atoms with E-state index in [0.29, 0.717) is 5.92 Å². The van der Waals surface area contributed by atoms with Crippen LogP contribution in [0.2, 0.25) is 5.02 Å². The minimum absolute atomic E-state index is 0.0789. The number of nitrogens with two attached hydrogens (primary N) is 1. The molecule has 0 aliphatic rings. The van der Waals surface area contributed by atoms with Crippen LogP contribution in [-0.4, -0.2) is 0 Å². The lowest BCUT2D eigenvalue weighted by Gasteiger charge is -2.07. The van der Waals surface area contributed by atoms with E-state index in [1.807, 2.05) is 12.1 Å². The topological polar surface area (TPSA) is 26.0 Å². The van der Waals surface area contributed by atoms with Crippen LogP contribution in [0.3, 0.4) is 0 Å². The van der Waals surface area contributed by atoms with Crippen molar-refractivity contribution < 1.29 is 17.6 Å². The molecule has 1 nitrogen and oxygen atoms in total. The Balaban J connectivity index is 0.000000231. The van der Waals surface area contributed by atoms with Crippen LogP contribution in [0.15, 0.2) is 36.4 Å². The van der Waals surface area contributed by atoms with Crippen molar-refractivity contribution in [2.24, 2.45) is 0 Å². The highest BCUT2D eigenvalue weighted by molar-refractivity contribution is 6.33. The summed E-state index contributed by atoms with van der Waals surface area (Å²) in [4.78, 5) is 0. The molecule has 0 heterocycles. The highest BCUT2D eigenvalue weighted by atomic mass is 35.5. The predicted octanol–water partition coefficient (Wildman–Crippen LogP) is 6.20. The molecule has 0 radical (unpaired) electrons. The van der Waals surface area contributed by atoms with Crippen LogP contribution >= 0.6 is 11.6 Å². The van der Waals surface area contributed by atoms with Gasteiger partial charge in [0.15, 0.2) is 0 Å². The summed E-state index contributed by atoms with van der Waals surface area (Å²) in [6, 6.07) is 8.10. The number of hydrogen-bond donors (Lipinski definition) is 1. The first-order valence-electron chi connectivity index (χ1n) is 6.90. The van der Waals surface area contributed by atoms with Crippen LogP contribution in [-0.2, 0) is 6.18 Å². The predicted molar refractivity (Wildman–Crippen MR) is 86.1 cm³/mol. The quantitative estimate of drug-likeness (QED) is 0.482. The minimum atomic E-state index is -4.36. The lowest BCUT2D eigenvalue weighted by Crippen LogP contribution is -2.04. The van der Waals surface area contributed by atoms with Crippen molar-refractivity contribution in [3.63, 3.8) is 0 Å². The van der Waals surface area contributed by atoms with E-state index >= 15 is 0 Å². The fraction of sp³-hybridized carbons (Fsp3) is 0.294. The molecule has 0 fully saturated rings. The molecular formula is C17H18ClF4N. The summed E-state index contributed by atoms with van der Waals surface area (Å²) in [6.45, 7) is 6.00. The van der Waals surface area contributed by atoms with Gasteiger partial charge in [-0.15, -0.1) is 0 Å². The van der Waals surface area contributed by atoms with Crippen molar-refractivity contribution in [3.8, 4) is 0 Å². The van der Waals surface area contributed by atoms with E-state index in [2.05, 4.69) is 13.8 Å². The maximum atomic E-state index is 12.8. The van der Waals surface area contributed by atoms with E-state index in [9.17, 15) is 17.6 Å². The maximum absolute atomic E-state index is 12.8. The molecule has 0 aromatic heterocycles. The number of aryl methyl sites for hydroxylation is 1. The van der Waals surface area contributed by atoms with Gasteiger partial charge in [0.25, 0.3) is 0 Å². The highest BCUT2D eigenvalue weighted by Gasteiger charge is 2.30. The molecule has 0 atom stereocenters. The molecule has 2 aromatic rings. The second kappa shape index (κ2) is 7.68. The van der Waals surface area contributed by atoms with Crippen molar-refractivity contribution in [1.29, 1.82) is 0 Å². The molecule has 0 aliphatic heterocycles. The SMILES string of the molecule is Cc1cc(C(C)C)ccc1F.Nc1ccc(C(F)(F)F)cc1Cl. The summed E-state index contributed by atoms with van der Waals surface area (Å²) in [5, 5.41) is -0.0789. The average molecular weight is 348 g/mol. The van der Waals surface area contributed by atoms with Gasteiger partial charge in [0.1, 0.15) is 5.82 Å². The number of hydrogen-bond acceptors (Lipinski definition) is 1. The number of benzene rings is 2. The lowest BCUT2D eigenvalue weighted by atomic mass is 10.0. The Kier molecular flexibility index (Phi) is 6.45. The second-order valence-electron chi connectivity index (χ2n) is 5.40. The fourth-order valence-electron chi connectivity index (χ4n) is 1.73. The first kappa shape index (κ1) is 19.3. The molecule has 0 aliphatic carbocycles. The smallest absolute Gasteiger partial charge is 0.398 e. The normalized spacial score (nSPS) is 11.2. The van der Waals surface area contributed by atoms with E-state index in [-0.39, 0.29) is 16.5 Å². The Morgan fingerprint density at radius 1 is 1.04 bits per heavy atom. The Hall–Kier alpha value is -1.75. The Labute approximate surface area is 138 Å². The maximum Gasteiger partial charge on any atom is 0.416 e. The number of anilines is 1. The van der Waals surface area contributed by atoms with Gasteiger partial charge in [-0.05, 0) is 48.2 Å². The van der Waals surface area contributed by atoms with Crippen LogP contribution in [0, 0.1) is 12.7 Å². The zero-order chi connectivity index (χ0) is 17.8. The van der Waals surface area contributed by atoms with Crippen LogP contribution < -0.4 is 5.73 Å². The summed E-state index contributed by atoms with van der Waals surface area (Å²) >= 11 is 5.39. The van der Waals surface area contributed by atoms with E-state index in [4.69, 9.17) is 17.3 Å². The molecule has 2 rings (SSSR count). The van der Waals surface area contributed by atoms with Crippen molar-refractivity contribution >= 4 is 17.3 Å². The third kappa shape index (κ3) is 5.75. The third-order valence-corrected chi connectivity index (χ3v) is 3.50. The first-order chi connectivity index (χ1) is 10.5. The molecule has 23 heavy (non-hydrogen) atoms. The Morgan fingerprint density at radius 2 is 1.65 bits per heavy atom. The Morgan fingerprint density at radius 3 is 2.09 bits per heavy atom.